The Morgan fingerprint density at radius 1 is 1.12 bits per heavy atom. The van der Waals surface area contributed by atoms with E-state index in [-0.39, 0.29) is 5.11 Å². The van der Waals surface area contributed by atoms with Gasteiger partial charge in [0, 0.05) is 10.7 Å². The Hall–Kier alpha value is -2.38. The van der Waals surface area contributed by atoms with E-state index in [9.17, 15) is 9.59 Å². The van der Waals surface area contributed by atoms with Crippen LogP contribution in [-0.2, 0) is 9.59 Å². The molecule has 0 unspecified atom stereocenters. The number of benzene rings is 2. The maximum absolute atomic E-state index is 12.7. The molecule has 3 rings (SSSR count). The summed E-state index contributed by atoms with van der Waals surface area (Å²) in [6, 6.07) is 16.2. The third-order valence-electron chi connectivity index (χ3n) is 3.40. The third kappa shape index (κ3) is 3.42. The Kier molecular flexibility index (Phi) is 4.82. The van der Waals surface area contributed by atoms with Crippen molar-refractivity contribution < 1.29 is 9.59 Å². The number of thiocarbonyl (C=S) groups is 1. The third-order valence-corrected chi connectivity index (χ3v) is 4.18. The monoisotopic (exact) mass is 401 g/mol. The van der Waals surface area contributed by atoms with Crippen LogP contribution in [0.25, 0.3) is 0 Å². The van der Waals surface area contributed by atoms with Gasteiger partial charge in [-0.05, 0) is 42.5 Å². The average molecular weight is 402 g/mol. The molecule has 1 aliphatic heterocycles. The summed E-state index contributed by atoms with van der Waals surface area (Å²) in [6.45, 7) is 0. The Morgan fingerprint density at radius 2 is 1.88 bits per heavy atom. The topological polar surface area (TPSA) is 61.8 Å². The summed E-state index contributed by atoms with van der Waals surface area (Å²) in [6.07, 6.45) is 1.34. The van der Waals surface area contributed by atoms with Gasteiger partial charge in [0.25, 0.3) is 5.91 Å². The molecule has 5 nitrogen and oxygen atoms in total. The van der Waals surface area contributed by atoms with Crippen molar-refractivity contribution in [3.63, 3.8) is 0 Å². The molecule has 2 amide bonds. The molecule has 120 valence electrons. The minimum absolute atomic E-state index is 0.0725. The molecule has 1 heterocycles. The van der Waals surface area contributed by atoms with Crippen LogP contribution in [0.4, 0.5) is 11.4 Å². The lowest BCUT2D eigenvalue weighted by atomic mass is 10.1. The first-order valence-electron chi connectivity index (χ1n) is 7.10. The fraction of sp³-hybridized carbons (Fsp3) is 0.0588. The van der Waals surface area contributed by atoms with Crippen molar-refractivity contribution in [3.05, 3.63) is 59.1 Å². The maximum Gasteiger partial charge on any atom is 0.251 e. The number of nitrogens with one attached hydrogen (secondary N) is 1. The SMILES string of the molecule is O=C1NC(=S)N(c2ccccc2)C(=O)[C@H]1C=Nc1cccc(Br)c1. The normalized spacial score (nSPS) is 18.1. The molecule has 0 aliphatic carbocycles. The molecule has 0 spiro atoms. The molecule has 1 fully saturated rings. The standard InChI is InChI=1S/C17H12BrN3O2S/c18-11-5-4-6-12(9-11)19-10-14-15(22)20-17(24)21(16(14)23)13-7-2-1-3-8-13/h1-10,14H,(H,20,22,24)/t14-/m0/s1. The van der Waals surface area contributed by atoms with Crippen molar-refractivity contribution in [1.82, 2.24) is 5.32 Å². The first-order chi connectivity index (χ1) is 11.6. The van der Waals surface area contributed by atoms with Crippen LogP contribution in [0.1, 0.15) is 0 Å². The number of carbonyl (C=O) groups is 2. The highest BCUT2D eigenvalue weighted by atomic mass is 79.9. The predicted molar refractivity (Wildman–Crippen MR) is 100 cm³/mol. The van der Waals surface area contributed by atoms with Crippen LogP contribution in [0.15, 0.2) is 64.1 Å². The van der Waals surface area contributed by atoms with Gasteiger partial charge in [-0.2, -0.15) is 0 Å². The summed E-state index contributed by atoms with van der Waals surface area (Å²) in [4.78, 5) is 30.4. The summed E-state index contributed by atoms with van der Waals surface area (Å²) in [5.41, 5.74) is 1.25. The number of carbonyl (C=O) groups excluding carboxylic acids is 2. The summed E-state index contributed by atoms with van der Waals surface area (Å²) in [7, 11) is 0. The second-order valence-corrected chi connectivity index (χ2v) is 6.34. The molecule has 0 radical (unpaired) electrons. The van der Waals surface area contributed by atoms with Crippen LogP contribution in [0.2, 0.25) is 0 Å². The summed E-state index contributed by atoms with van der Waals surface area (Å²) in [5, 5.41) is 2.63. The van der Waals surface area contributed by atoms with E-state index < -0.39 is 17.7 Å². The zero-order valence-electron chi connectivity index (χ0n) is 12.3. The van der Waals surface area contributed by atoms with Gasteiger partial charge in [0.1, 0.15) is 0 Å². The van der Waals surface area contributed by atoms with Crippen LogP contribution in [0.5, 0.6) is 0 Å². The van der Waals surface area contributed by atoms with E-state index >= 15 is 0 Å². The summed E-state index contributed by atoms with van der Waals surface area (Å²) < 4.78 is 0.865. The molecular formula is C17H12BrN3O2S. The highest BCUT2D eigenvalue weighted by Crippen LogP contribution is 2.22. The van der Waals surface area contributed by atoms with E-state index in [1.165, 1.54) is 11.1 Å². The number of nitrogens with zero attached hydrogens (tertiary/aromatic N) is 2. The Labute approximate surface area is 152 Å². The molecule has 1 aliphatic rings. The second-order valence-electron chi connectivity index (χ2n) is 5.04. The van der Waals surface area contributed by atoms with Crippen LogP contribution in [0, 0.1) is 5.92 Å². The summed E-state index contributed by atoms with van der Waals surface area (Å²) >= 11 is 8.49. The molecular weight excluding hydrogens is 390 g/mol. The van der Waals surface area contributed by atoms with Crippen molar-refractivity contribution in [2.24, 2.45) is 10.9 Å². The zero-order valence-corrected chi connectivity index (χ0v) is 14.8. The van der Waals surface area contributed by atoms with Gasteiger partial charge in [-0.15, -0.1) is 0 Å². The average Bonchev–Trinajstić information content (AvgIpc) is 2.55. The molecule has 1 atom stereocenters. The molecule has 7 heteroatoms. The van der Waals surface area contributed by atoms with E-state index in [1.54, 1.807) is 36.4 Å². The summed E-state index contributed by atoms with van der Waals surface area (Å²) in [5.74, 6) is -1.93. The fourth-order valence-electron chi connectivity index (χ4n) is 2.26. The molecule has 2 aromatic rings. The smallest absolute Gasteiger partial charge is 0.251 e. The lowest BCUT2D eigenvalue weighted by Gasteiger charge is -2.30. The molecule has 2 aromatic carbocycles. The number of hydrogen-bond acceptors (Lipinski definition) is 4. The van der Waals surface area contributed by atoms with Gasteiger partial charge in [0.2, 0.25) is 5.91 Å². The van der Waals surface area contributed by atoms with Gasteiger partial charge in [-0.1, -0.05) is 40.2 Å². The largest absolute Gasteiger partial charge is 0.301 e. The predicted octanol–water partition coefficient (Wildman–Crippen LogP) is 3.22. The maximum atomic E-state index is 12.7. The Bertz CT molecular complexity index is 839. The van der Waals surface area contributed by atoms with Crippen molar-refractivity contribution in [2.45, 2.75) is 0 Å². The molecule has 1 N–H and O–H groups in total. The van der Waals surface area contributed by atoms with E-state index in [0.29, 0.717) is 11.4 Å². The van der Waals surface area contributed by atoms with Gasteiger partial charge in [-0.3, -0.25) is 19.5 Å². The fourth-order valence-corrected chi connectivity index (χ4v) is 2.94. The quantitative estimate of drug-likeness (QED) is 0.487. The highest BCUT2D eigenvalue weighted by Gasteiger charge is 2.38. The number of aliphatic imine (C=N–C) groups is 1. The second kappa shape index (κ2) is 7.02. The Balaban J connectivity index is 1.88. The lowest BCUT2D eigenvalue weighted by Crippen LogP contribution is -2.58. The van der Waals surface area contributed by atoms with Crippen molar-refractivity contribution in [2.75, 3.05) is 4.90 Å². The van der Waals surface area contributed by atoms with E-state index in [1.807, 2.05) is 18.2 Å². The zero-order chi connectivity index (χ0) is 17.1. The number of amides is 2. The van der Waals surface area contributed by atoms with Crippen molar-refractivity contribution in [1.29, 1.82) is 0 Å². The molecule has 0 saturated carbocycles. The van der Waals surface area contributed by atoms with Crippen LogP contribution >= 0.6 is 28.1 Å². The number of rotatable bonds is 3. The van der Waals surface area contributed by atoms with Gasteiger partial charge in [-0.25, -0.2) is 0 Å². The van der Waals surface area contributed by atoms with Gasteiger partial charge in [0.15, 0.2) is 11.0 Å². The van der Waals surface area contributed by atoms with Crippen LogP contribution < -0.4 is 10.2 Å². The van der Waals surface area contributed by atoms with Gasteiger partial charge >= 0.3 is 0 Å². The van der Waals surface area contributed by atoms with Gasteiger partial charge in [0.05, 0.1) is 11.4 Å². The number of anilines is 1. The first kappa shape index (κ1) is 16.5. The highest BCUT2D eigenvalue weighted by molar-refractivity contribution is 9.10. The molecule has 0 aromatic heterocycles. The molecule has 24 heavy (non-hydrogen) atoms. The molecule has 0 bridgehead atoms. The number of halogens is 1. The minimum atomic E-state index is -1.03. The van der Waals surface area contributed by atoms with Crippen LogP contribution in [0.3, 0.4) is 0 Å². The van der Waals surface area contributed by atoms with Gasteiger partial charge < -0.3 is 5.32 Å². The minimum Gasteiger partial charge on any atom is -0.301 e. The number of para-hydroxylation sites is 1. The lowest BCUT2D eigenvalue weighted by molar-refractivity contribution is -0.130. The molecule has 1 saturated heterocycles. The van der Waals surface area contributed by atoms with Crippen LogP contribution in [-0.4, -0.2) is 23.1 Å². The van der Waals surface area contributed by atoms with E-state index in [2.05, 4.69) is 26.2 Å². The van der Waals surface area contributed by atoms with E-state index in [4.69, 9.17) is 12.2 Å². The van der Waals surface area contributed by atoms with Crippen molar-refractivity contribution in [3.8, 4) is 0 Å². The van der Waals surface area contributed by atoms with Crippen molar-refractivity contribution >= 4 is 62.7 Å². The Morgan fingerprint density at radius 3 is 2.58 bits per heavy atom. The van der Waals surface area contributed by atoms with E-state index in [0.717, 1.165) is 4.47 Å². The first-order valence-corrected chi connectivity index (χ1v) is 8.30. The number of hydrogen-bond donors (Lipinski definition) is 1.